The van der Waals surface area contributed by atoms with E-state index in [0.717, 1.165) is 30.7 Å². The van der Waals surface area contributed by atoms with Crippen molar-refractivity contribution >= 4 is 47.5 Å². The van der Waals surface area contributed by atoms with Gasteiger partial charge in [-0.15, -0.1) is 12.8 Å². The number of nitrogens with zero attached hydrogens (tertiary/aromatic N) is 8. The minimum absolute atomic E-state index is 0.0659. The van der Waals surface area contributed by atoms with Crippen LogP contribution in [0.15, 0.2) is 73.3 Å². The van der Waals surface area contributed by atoms with Crippen molar-refractivity contribution in [1.29, 1.82) is 0 Å². The Labute approximate surface area is 494 Å². The van der Waals surface area contributed by atoms with E-state index in [4.69, 9.17) is 31.8 Å². The van der Waals surface area contributed by atoms with E-state index < -0.39 is 96.1 Å². The first kappa shape index (κ1) is 66.5. The topological polar surface area (TPSA) is 222 Å². The number of carbonyl (C=O) groups is 8. The van der Waals surface area contributed by atoms with E-state index in [0.29, 0.717) is 35.3 Å². The summed E-state index contributed by atoms with van der Waals surface area (Å²) in [6, 6.07) is 9.20. The Kier molecular flexibility index (Phi) is 24.0. The Balaban J connectivity index is 1.58. The molecule has 2 aromatic heterocycles. The number of benzene rings is 2. The predicted molar refractivity (Wildman–Crippen MR) is 314 cm³/mol. The Morgan fingerprint density at radius 1 is 0.429 bits per heavy atom. The van der Waals surface area contributed by atoms with Crippen molar-refractivity contribution in [3.8, 4) is 24.7 Å². The van der Waals surface area contributed by atoms with Crippen LogP contribution >= 0.6 is 0 Å². The average Bonchev–Trinajstić information content (AvgIpc) is 4.03. The first-order chi connectivity index (χ1) is 39.6. The Bertz CT molecular complexity index is 2800. The van der Waals surface area contributed by atoms with Crippen molar-refractivity contribution in [1.82, 2.24) is 39.2 Å². The van der Waals surface area contributed by atoms with Gasteiger partial charge in [0.15, 0.2) is 24.4 Å². The molecule has 5 rings (SSSR count). The number of esters is 4. The summed E-state index contributed by atoms with van der Waals surface area (Å²) in [7, 11) is 5.52. The molecule has 8 atom stereocenters. The molecule has 4 amide bonds. The van der Waals surface area contributed by atoms with Gasteiger partial charge in [0.05, 0.1) is 36.6 Å². The third-order valence-electron chi connectivity index (χ3n) is 14.7. The summed E-state index contributed by atoms with van der Waals surface area (Å²) in [6.07, 6.45) is 11.5. The lowest BCUT2D eigenvalue weighted by molar-refractivity contribution is -0.176. The van der Waals surface area contributed by atoms with Crippen LogP contribution in [0.25, 0.3) is 0 Å². The van der Waals surface area contributed by atoms with Gasteiger partial charge in [-0.2, -0.15) is 10.2 Å². The van der Waals surface area contributed by atoms with Crippen LogP contribution in [-0.2, 0) is 83.2 Å². The van der Waals surface area contributed by atoms with Gasteiger partial charge < -0.3 is 38.5 Å². The molecule has 20 nitrogen and oxygen atoms in total. The van der Waals surface area contributed by atoms with E-state index in [9.17, 15) is 28.8 Å². The molecular formula is C64H84N8O12. The molecule has 1 fully saturated rings. The molecule has 84 heavy (non-hydrogen) atoms. The zero-order chi connectivity index (χ0) is 62.3. The molecule has 0 radical (unpaired) electrons. The first-order valence-electron chi connectivity index (χ1n) is 28.6. The number of hydrogen-bond donors (Lipinski definition) is 0. The number of likely N-dealkylation sites (N-methyl/N-ethyl adjacent to an activating group) is 4. The maximum Gasteiger partial charge on any atom is 0.329 e. The highest BCUT2D eigenvalue weighted by Crippen LogP contribution is 2.25. The maximum absolute atomic E-state index is 15.0. The second-order valence-electron chi connectivity index (χ2n) is 23.6. The van der Waals surface area contributed by atoms with Gasteiger partial charge in [-0.25, -0.2) is 19.2 Å². The van der Waals surface area contributed by atoms with E-state index in [1.807, 2.05) is 79.7 Å². The minimum Gasteiger partial charge on any atom is -0.451 e. The molecule has 1 aliphatic heterocycles. The number of carbonyl (C=O) groups excluding carboxylic acids is 8. The fourth-order valence-electron chi connectivity index (χ4n) is 9.89. The van der Waals surface area contributed by atoms with E-state index in [2.05, 4.69) is 22.0 Å². The standard InChI is InChI=1S/C64H84N8O12/c1-17-45-33-65-71(35-45)37-49-23-19-47(20-24-49)31-55-59(75)69(15)51(27-39(3)4)61(77)81-44(12)58(74)68(14)54(30-42(9)10)64(80)84-56(32-48-21-25-50(26-22-48)38-72-36-46(18-2)34-66-72)60(76)70(16)52(28-40(5)6)62(78)82-43(11)57(73)67(13)53(29-41(7)8)63(79)83-55/h1-2,19-26,33-36,39-44,51-56H,27-32,37-38H2,3-16H3/t43-,44-,51+,52+,53+,54+,55-,56-/m1/s1. The molecular weight excluding hydrogens is 1070 g/mol. The Morgan fingerprint density at radius 2 is 0.690 bits per heavy atom. The number of aromatic nitrogens is 4. The molecule has 0 unspecified atom stereocenters. The van der Waals surface area contributed by atoms with E-state index >= 15 is 9.59 Å². The highest BCUT2D eigenvalue weighted by molar-refractivity contribution is 5.94. The summed E-state index contributed by atoms with van der Waals surface area (Å²) in [5, 5.41) is 8.61. The molecule has 0 N–H and O–H groups in total. The van der Waals surface area contributed by atoms with Crippen LogP contribution in [0.3, 0.4) is 0 Å². The van der Waals surface area contributed by atoms with E-state index in [-0.39, 0.29) is 62.2 Å². The van der Waals surface area contributed by atoms with Crippen LogP contribution in [0, 0.1) is 48.4 Å². The maximum atomic E-state index is 15.0. The van der Waals surface area contributed by atoms with Crippen molar-refractivity contribution in [2.45, 2.75) is 169 Å². The zero-order valence-corrected chi connectivity index (χ0v) is 51.1. The molecule has 1 aliphatic rings. The number of cyclic esters (lactones) is 4. The second kappa shape index (κ2) is 30.3. The molecule has 2 aromatic carbocycles. The summed E-state index contributed by atoms with van der Waals surface area (Å²) in [6.45, 7) is 18.2. The third kappa shape index (κ3) is 18.4. The fourth-order valence-corrected chi connectivity index (χ4v) is 9.89. The predicted octanol–water partition coefficient (Wildman–Crippen LogP) is 6.12. The monoisotopic (exact) mass is 1160 g/mol. The van der Waals surface area contributed by atoms with Crippen LogP contribution in [0.2, 0.25) is 0 Å². The van der Waals surface area contributed by atoms with Gasteiger partial charge in [0, 0.05) is 53.4 Å². The van der Waals surface area contributed by atoms with Crippen molar-refractivity contribution in [2.24, 2.45) is 23.7 Å². The number of hydrogen-bond acceptors (Lipinski definition) is 14. The summed E-state index contributed by atoms with van der Waals surface area (Å²) in [5.74, 6) is -2.53. The summed E-state index contributed by atoms with van der Waals surface area (Å²) < 4.78 is 27.6. The lowest BCUT2D eigenvalue weighted by atomic mass is 9.99. The normalized spacial score (nSPS) is 22.5. The molecule has 452 valence electrons. The van der Waals surface area contributed by atoms with E-state index in [1.165, 1.54) is 42.0 Å². The molecule has 1 saturated heterocycles. The van der Waals surface area contributed by atoms with Crippen LogP contribution in [0.4, 0.5) is 0 Å². The molecule has 0 bridgehead atoms. The quantitative estimate of drug-likeness (QED) is 0.0701. The van der Waals surface area contributed by atoms with Crippen molar-refractivity contribution in [3.05, 3.63) is 107 Å². The second-order valence-corrected chi connectivity index (χ2v) is 23.6. The van der Waals surface area contributed by atoms with Gasteiger partial charge in [0.1, 0.15) is 24.2 Å². The summed E-state index contributed by atoms with van der Waals surface area (Å²) in [5.41, 5.74) is 4.12. The van der Waals surface area contributed by atoms with Crippen molar-refractivity contribution in [3.63, 3.8) is 0 Å². The fraction of sp³-hybridized carbons (Fsp3) is 0.531. The molecule has 0 saturated carbocycles. The largest absolute Gasteiger partial charge is 0.451 e. The molecule has 4 aromatic rings. The lowest BCUT2D eigenvalue weighted by Crippen LogP contribution is -2.55. The molecule has 20 heteroatoms. The van der Waals surface area contributed by atoms with Gasteiger partial charge in [0.25, 0.3) is 23.6 Å². The van der Waals surface area contributed by atoms with Gasteiger partial charge in [-0.05, 0) is 85.5 Å². The van der Waals surface area contributed by atoms with Gasteiger partial charge in [-0.3, -0.25) is 28.5 Å². The highest BCUT2D eigenvalue weighted by atomic mass is 16.6. The highest BCUT2D eigenvalue weighted by Gasteiger charge is 2.43. The summed E-state index contributed by atoms with van der Waals surface area (Å²) >= 11 is 0. The third-order valence-corrected chi connectivity index (χ3v) is 14.7. The van der Waals surface area contributed by atoms with Gasteiger partial charge in [0.2, 0.25) is 0 Å². The number of amides is 4. The van der Waals surface area contributed by atoms with Crippen LogP contribution in [0.5, 0.6) is 0 Å². The van der Waals surface area contributed by atoms with Crippen LogP contribution < -0.4 is 0 Å². The zero-order valence-electron chi connectivity index (χ0n) is 51.1. The number of terminal acetylenes is 2. The Hall–Kier alpha value is -8.26. The van der Waals surface area contributed by atoms with Crippen molar-refractivity contribution in [2.75, 3.05) is 28.2 Å². The van der Waals surface area contributed by atoms with Crippen molar-refractivity contribution < 1.29 is 57.3 Å². The Morgan fingerprint density at radius 3 is 0.952 bits per heavy atom. The molecule has 0 spiro atoms. The summed E-state index contributed by atoms with van der Waals surface area (Å²) in [4.78, 5) is 122. The minimum atomic E-state index is -1.56. The smallest absolute Gasteiger partial charge is 0.329 e. The number of rotatable bonds is 16. The van der Waals surface area contributed by atoms with Gasteiger partial charge >= 0.3 is 23.9 Å². The SMILES string of the molecule is C#Cc1cnn(Cc2ccc(C[C@H]3OC(=O)[C@H](CC(C)C)N(C)C(=O)[C@@H](C)OC(=O)[C@H](CC(C)C)N(C)C(=O)[C@@H](Cc4ccc(Cn5cc(C#C)cn5)cc4)OC(=O)[C@H](CC(C)C)N(C)C(=O)[C@@H](C)OC(=O)[C@H](CC(C)C)N(C)C3=O)cc2)c1. The van der Waals surface area contributed by atoms with Gasteiger partial charge in [-0.1, -0.05) is 116 Å². The average molecular weight is 1160 g/mol. The van der Waals surface area contributed by atoms with Crippen LogP contribution in [-0.4, -0.2) is 163 Å². The lowest BCUT2D eigenvalue weighted by Gasteiger charge is -2.35. The first-order valence-corrected chi connectivity index (χ1v) is 28.6. The van der Waals surface area contributed by atoms with E-state index in [1.54, 1.807) is 58.4 Å². The van der Waals surface area contributed by atoms with Crippen LogP contribution in [0.1, 0.15) is 128 Å². The molecule has 3 heterocycles. The molecule has 0 aliphatic carbocycles. The number of ether oxygens (including phenoxy) is 4.